The maximum Gasteiger partial charge on any atom is 0.337 e. The summed E-state index contributed by atoms with van der Waals surface area (Å²) in [6.45, 7) is 3.68. The number of nitrogens with one attached hydrogen (secondary N) is 3. The molecule has 2 aliphatic rings. The first kappa shape index (κ1) is 17.1. The molecule has 134 valence electrons. The van der Waals surface area contributed by atoms with Crippen molar-refractivity contribution in [2.24, 2.45) is 0 Å². The standard InChI is InChI=1S/C17H21N3O5/c1-3-23-16(21)12-7-18-17(22)19-13(12)9-20(2)8-11-4-5-14-15(6-11)25-10-24-14/h4-6H,3,7-10H2,1-2H3,(H2,18,19,22)/p+1. The predicted molar refractivity (Wildman–Crippen MR) is 88.2 cm³/mol. The molecule has 2 amide bonds. The number of likely N-dealkylation sites (N-methyl/N-ethyl adjacent to an activating group) is 1. The number of rotatable bonds is 6. The first-order valence-electron chi connectivity index (χ1n) is 8.20. The van der Waals surface area contributed by atoms with Crippen molar-refractivity contribution in [2.45, 2.75) is 13.5 Å². The van der Waals surface area contributed by atoms with Crippen LogP contribution in [0.15, 0.2) is 29.5 Å². The summed E-state index contributed by atoms with van der Waals surface area (Å²) in [6, 6.07) is 5.52. The molecule has 8 heteroatoms. The number of carbonyl (C=O) groups excluding carboxylic acids is 2. The number of ether oxygens (including phenoxy) is 3. The van der Waals surface area contributed by atoms with Crippen LogP contribution >= 0.6 is 0 Å². The first-order chi connectivity index (χ1) is 12.1. The second-order valence-corrected chi connectivity index (χ2v) is 5.98. The fourth-order valence-corrected chi connectivity index (χ4v) is 2.86. The Morgan fingerprint density at radius 2 is 2.08 bits per heavy atom. The van der Waals surface area contributed by atoms with E-state index in [1.807, 2.05) is 25.2 Å². The van der Waals surface area contributed by atoms with Crippen molar-refractivity contribution >= 4 is 12.0 Å². The van der Waals surface area contributed by atoms with Crippen LogP contribution in [0.4, 0.5) is 4.79 Å². The zero-order valence-electron chi connectivity index (χ0n) is 14.3. The molecule has 0 aliphatic carbocycles. The van der Waals surface area contributed by atoms with Crippen molar-refractivity contribution in [3.05, 3.63) is 35.0 Å². The lowest BCUT2D eigenvalue weighted by Crippen LogP contribution is -3.08. The van der Waals surface area contributed by atoms with Crippen molar-refractivity contribution in [1.82, 2.24) is 10.6 Å². The van der Waals surface area contributed by atoms with Gasteiger partial charge in [0.25, 0.3) is 0 Å². The van der Waals surface area contributed by atoms with Crippen molar-refractivity contribution in [3.63, 3.8) is 0 Å². The number of urea groups is 1. The van der Waals surface area contributed by atoms with Gasteiger partial charge in [-0.15, -0.1) is 0 Å². The minimum Gasteiger partial charge on any atom is -0.463 e. The van der Waals surface area contributed by atoms with Crippen LogP contribution in [-0.4, -0.2) is 45.5 Å². The molecular formula is C17H22N3O5+. The third-order valence-electron chi connectivity index (χ3n) is 4.00. The molecule has 8 nitrogen and oxygen atoms in total. The Labute approximate surface area is 145 Å². The summed E-state index contributed by atoms with van der Waals surface area (Å²) < 4.78 is 15.8. The van der Waals surface area contributed by atoms with E-state index in [0.717, 1.165) is 22.0 Å². The van der Waals surface area contributed by atoms with Gasteiger partial charge in [-0.2, -0.15) is 0 Å². The van der Waals surface area contributed by atoms with E-state index < -0.39 is 5.97 Å². The number of quaternary nitrogens is 1. The van der Waals surface area contributed by atoms with Gasteiger partial charge in [0.1, 0.15) is 13.1 Å². The van der Waals surface area contributed by atoms with E-state index in [2.05, 4.69) is 10.6 Å². The number of amides is 2. The van der Waals surface area contributed by atoms with E-state index in [0.29, 0.717) is 31.0 Å². The van der Waals surface area contributed by atoms with E-state index in [1.54, 1.807) is 6.92 Å². The lowest BCUT2D eigenvalue weighted by Gasteiger charge is -2.23. The molecule has 0 fully saturated rings. The second-order valence-electron chi connectivity index (χ2n) is 5.98. The molecule has 0 saturated carbocycles. The summed E-state index contributed by atoms with van der Waals surface area (Å²) in [5, 5.41) is 5.33. The molecule has 0 radical (unpaired) electrons. The van der Waals surface area contributed by atoms with Crippen LogP contribution in [-0.2, 0) is 16.1 Å². The van der Waals surface area contributed by atoms with Crippen molar-refractivity contribution in [3.8, 4) is 11.5 Å². The molecule has 1 unspecified atom stereocenters. The first-order valence-corrected chi connectivity index (χ1v) is 8.20. The lowest BCUT2D eigenvalue weighted by atomic mass is 10.1. The Balaban J connectivity index is 1.70. The highest BCUT2D eigenvalue weighted by molar-refractivity contribution is 5.93. The third kappa shape index (κ3) is 4.03. The molecule has 1 aromatic rings. The number of benzene rings is 1. The number of esters is 1. The molecule has 0 saturated heterocycles. The van der Waals surface area contributed by atoms with E-state index >= 15 is 0 Å². The molecule has 2 heterocycles. The molecule has 25 heavy (non-hydrogen) atoms. The highest BCUT2D eigenvalue weighted by Gasteiger charge is 2.26. The van der Waals surface area contributed by atoms with Crippen LogP contribution < -0.4 is 25.0 Å². The Morgan fingerprint density at radius 1 is 1.28 bits per heavy atom. The molecule has 1 atom stereocenters. The Hall–Kier alpha value is -2.74. The third-order valence-corrected chi connectivity index (χ3v) is 4.00. The Bertz CT molecular complexity index is 716. The van der Waals surface area contributed by atoms with E-state index in [1.165, 1.54) is 0 Å². The molecule has 2 aliphatic heterocycles. The average Bonchev–Trinajstić information content (AvgIpc) is 3.02. The SMILES string of the molecule is CCOC(=O)C1=C(C[NH+](C)Cc2ccc3c(c2)OCO3)NC(=O)NC1. The largest absolute Gasteiger partial charge is 0.463 e. The Kier molecular flexibility index (Phi) is 5.08. The highest BCUT2D eigenvalue weighted by Crippen LogP contribution is 2.32. The van der Waals surface area contributed by atoms with Gasteiger partial charge in [-0.3, -0.25) is 0 Å². The minimum atomic E-state index is -0.402. The van der Waals surface area contributed by atoms with Gasteiger partial charge < -0.3 is 29.7 Å². The zero-order chi connectivity index (χ0) is 17.8. The summed E-state index contributed by atoms with van der Waals surface area (Å²) in [6.07, 6.45) is 0. The van der Waals surface area contributed by atoms with Crippen molar-refractivity contribution in [2.75, 3.05) is 33.5 Å². The molecule has 3 rings (SSSR count). The topological polar surface area (TPSA) is 90.3 Å². The predicted octanol–water partition coefficient (Wildman–Crippen LogP) is -0.440. The summed E-state index contributed by atoms with van der Waals surface area (Å²) in [7, 11) is 1.99. The van der Waals surface area contributed by atoms with Gasteiger partial charge in [0.15, 0.2) is 11.5 Å². The number of hydrogen-bond donors (Lipinski definition) is 3. The fourth-order valence-electron chi connectivity index (χ4n) is 2.86. The minimum absolute atomic E-state index is 0.178. The van der Waals surface area contributed by atoms with Gasteiger partial charge in [0.05, 0.1) is 31.5 Å². The maximum atomic E-state index is 12.1. The molecule has 0 spiro atoms. The molecule has 0 bridgehead atoms. The van der Waals surface area contributed by atoms with Gasteiger partial charge in [-0.05, 0) is 25.1 Å². The fraction of sp³-hybridized carbons (Fsp3) is 0.412. The van der Waals surface area contributed by atoms with Gasteiger partial charge in [0.2, 0.25) is 6.79 Å². The van der Waals surface area contributed by atoms with Crippen LogP contribution in [0.1, 0.15) is 12.5 Å². The summed E-state index contributed by atoms with van der Waals surface area (Å²) in [5.74, 6) is 1.09. The molecule has 1 aromatic carbocycles. The lowest BCUT2D eigenvalue weighted by molar-refractivity contribution is -0.889. The van der Waals surface area contributed by atoms with E-state index in [4.69, 9.17) is 14.2 Å². The smallest absolute Gasteiger partial charge is 0.337 e. The van der Waals surface area contributed by atoms with Crippen molar-refractivity contribution < 1.29 is 28.7 Å². The van der Waals surface area contributed by atoms with Crippen molar-refractivity contribution in [1.29, 1.82) is 0 Å². The van der Waals surface area contributed by atoms with Crippen LogP contribution in [0.5, 0.6) is 11.5 Å². The summed E-state index contributed by atoms with van der Waals surface area (Å²) >= 11 is 0. The monoisotopic (exact) mass is 348 g/mol. The summed E-state index contributed by atoms with van der Waals surface area (Å²) in [4.78, 5) is 24.8. The quantitative estimate of drug-likeness (QED) is 0.607. The van der Waals surface area contributed by atoms with Crippen LogP contribution in [0, 0.1) is 0 Å². The van der Waals surface area contributed by atoms with E-state index in [9.17, 15) is 9.59 Å². The van der Waals surface area contributed by atoms with Crippen LogP contribution in [0.2, 0.25) is 0 Å². The maximum absolute atomic E-state index is 12.1. The normalized spacial score (nSPS) is 17.0. The van der Waals surface area contributed by atoms with Gasteiger partial charge in [-0.25, -0.2) is 9.59 Å². The zero-order valence-corrected chi connectivity index (χ0v) is 14.3. The molecular weight excluding hydrogens is 326 g/mol. The average molecular weight is 348 g/mol. The van der Waals surface area contributed by atoms with Gasteiger partial charge in [-0.1, -0.05) is 0 Å². The number of fused-ring (bicyclic) bond motifs is 1. The van der Waals surface area contributed by atoms with Gasteiger partial charge in [0, 0.05) is 5.56 Å². The molecule has 3 N–H and O–H groups in total. The molecule has 0 aromatic heterocycles. The summed E-state index contributed by atoms with van der Waals surface area (Å²) in [5.41, 5.74) is 2.15. The highest BCUT2D eigenvalue weighted by atomic mass is 16.7. The van der Waals surface area contributed by atoms with Crippen LogP contribution in [0.25, 0.3) is 0 Å². The van der Waals surface area contributed by atoms with Crippen LogP contribution in [0.3, 0.4) is 0 Å². The second kappa shape index (κ2) is 7.43. The van der Waals surface area contributed by atoms with Gasteiger partial charge >= 0.3 is 12.0 Å². The Morgan fingerprint density at radius 3 is 2.88 bits per heavy atom. The number of hydrogen-bond acceptors (Lipinski definition) is 5. The van der Waals surface area contributed by atoms with E-state index in [-0.39, 0.29) is 19.4 Å². The number of carbonyl (C=O) groups is 2.